The number of benzene rings is 1. The van der Waals surface area contributed by atoms with E-state index in [0.717, 1.165) is 24.1 Å². The number of likely N-dealkylation sites (N-methyl/N-ethyl adjacent to an activating group) is 1. The second-order valence-corrected chi connectivity index (χ2v) is 17.4. The van der Waals surface area contributed by atoms with Crippen LogP contribution in [0.1, 0.15) is 102 Å². The fraction of sp³-hybridized carbons (Fsp3) is 0.548. The molecule has 3 aromatic rings. The summed E-state index contributed by atoms with van der Waals surface area (Å²) in [5.41, 5.74) is 7.98. The summed E-state index contributed by atoms with van der Waals surface area (Å²) in [7, 11) is 1.76. The van der Waals surface area contributed by atoms with Crippen molar-refractivity contribution in [2.45, 2.75) is 107 Å². The summed E-state index contributed by atoms with van der Waals surface area (Å²) in [4.78, 5) is 71.8. The van der Waals surface area contributed by atoms with E-state index in [1.807, 2.05) is 23.1 Å². The average molecular weight is 861 g/mol. The van der Waals surface area contributed by atoms with Gasteiger partial charge in [0.1, 0.15) is 29.8 Å². The van der Waals surface area contributed by atoms with Gasteiger partial charge >= 0.3 is 0 Å². The van der Waals surface area contributed by atoms with Crippen LogP contribution in [0.3, 0.4) is 0 Å². The lowest BCUT2D eigenvalue weighted by atomic mass is 9.85. The molecule has 6 aliphatic rings. The number of carbonyl (C=O) groups is 5. The van der Waals surface area contributed by atoms with Crippen LogP contribution in [0.5, 0.6) is 0 Å². The third kappa shape index (κ3) is 8.05. The largest absolute Gasteiger partial charge is 0.371 e. The van der Waals surface area contributed by atoms with Gasteiger partial charge in [-0.15, -0.1) is 0 Å². The number of anilines is 3. The number of rotatable bonds is 9. The highest BCUT2D eigenvalue weighted by molar-refractivity contribution is 6.08. The number of nitrogens with zero attached hydrogens (tertiary/aromatic N) is 8. The molecule has 62 heavy (non-hydrogen) atoms. The number of fused-ring (bicyclic) bond motifs is 2. The first-order chi connectivity index (χ1) is 29.8. The third-order valence-corrected chi connectivity index (χ3v) is 13.3. The monoisotopic (exact) mass is 860 g/mol. The Kier molecular flexibility index (Phi) is 11.3. The van der Waals surface area contributed by atoms with Gasteiger partial charge in [-0.2, -0.15) is 10.2 Å². The van der Waals surface area contributed by atoms with Crippen LogP contribution >= 0.6 is 0 Å². The molecular weight excluding hydrogens is 810 g/mol. The molecule has 2 unspecified atom stereocenters. The van der Waals surface area contributed by atoms with E-state index in [-0.39, 0.29) is 78.6 Å². The van der Waals surface area contributed by atoms with Crippen LogP contribution in [0.4, 0.5) is 30.4 Å². The van der Waals surface area contributed by atoms with E-state index in [1.165, 1.54) is 21.8 Å². The van der Waals surface area contributed by atoms with Crippen LogP contribution in [-0.4, -0.2) is 123 Å². The van der Waals surface area contributed by atoms with Crippen molar-refractivity contribution < 1.29 is 37.1 Å². The van der Waals surface area contributed by atoms with Gasteiger partial charge in [-0.1, -0.05) is 0 Å². The fourth-order valence-corrected chi connectivity index (χ4v) is 10.1. The molecule has 0 bridgehead atoms. The van der Waals surface area contributed by atoms with E-state index < -0.39 is 36.1 Å². The standard InChI is InChI=1S/C42H51F3N12O5/c1-52-35(54-20-25(43)17-26(46)21-54)12-15-56-41(52)31(18-47-56)39(60)49-32-22-57(51-36(32)37(44)45)28-4-2-23(3-5-28)38(59)48-27-10-13-53(14-11-27)29-6-7-30-24(16-29)19-55(42(30)62)33-8-9-34(58)50-40(33)61/h6-7,12,15-16,18,22-23,25-28,33,35,37H,2-5,8-11,13-14,17,19-21,46H2,1H3,(H,48,59)(H,49,60)(H,50,58,61)/t23?,25-,26-,28?,33?,35?/m1/s1. The van der Waals surface area contributed by atoms with Crippen LogP contribution in [0.15, 0.2) is 36.7 Å². The van der Waals surface area contributed by atoms with Crippen LogP contribution in [0.2, 0.25) is 0 Å². The molecule has 7 heterocycles. The number of halogens is 3. The second-order valence-electron chi connectivity index (χ2n) is 17.4. The van der Waals surface area contributed by atoms with Crippen molar-refractivity contribution >= 4 is 52.9 Å². The van der Waals surface area contributed by atoms with Crippen molar-refractivity contribution in [2.24, 2.45) is 11.7 Å². The smallest absolute Gasteiger partial charge is 0.284 e. The number of likely N-dealkylation sites (tertiary alicyclic amines) is 1. The lowest BCUT2D eigenvalue weighted by Gasteiger charge is -2.43. The maximum Gasteiger partial charge on any atom is 0.284 e. The number of aromatic nitrogens is 4. The maximum absolute atomic E-state index is 14.4. The Hall–Kier alpha value is -5.76. The van der Waals surface area contributed by atoms with Gasteiger partial charge in [0.25, 0.3) is 18.2 Å². The molecule has 1 aromatic carbocycles. The molecule has 0 radical (unpaired) electrons. The van der Waals surface area contributed by atoms with Crippen molar-refractivity contribution in [3.05, 3.63) is 59.1 Å². The summed E-state index contributed by atoms with van der Waals surface area (Å²) in [6, 6.07) is 4.47. The molecule has 5 amide bonds. The molecule has 17 nitrogen and oxygen atoms in total. The quantitative estimate of drug-likeness (QED) is 0.231. The highest BCUT2D eigenvalue weighted by Gasteiger charge is 2.40. The molecule has 1 aliphatic carbocycles. The summed E-state index contributed by atoms with van der Waals surface area (Å²) in [5, 5.41) is 16.7. The Balaban J connectivity index is 0.766. The molecule has 5 aliphatic heterocycles. The van der Waals surface area contributed by atoms with E-state index in [4.69, 9.17) is 5.73 Å². The molecular formula is C42H51F3N12O5. The summed E-state index contributed by atoms with van der Waals surface area (Å²) in [6.07, 6.45) is 6.39. The van der Waals surface area contributed by atoms with Crippen LogP contribution < -0.4 is 31.5 Å². The number of imide groups is 1. The number of amides is 5. The van der Waals surface area contributed by atoms with Crippen LogP contribution in [-0.2, 0) is 20.9 Å². The predicted molar refractivity (Wildman–Crippen MR) is 221 cm³/mol. The maximum atomic E-state index is 14.4. The number of alkyl halides is 3. The van der Waals surface area contributed by atoms with Gasteiger partial charge in [-0.05, 0) is 81.2 Å². The van der Waals surface area contributed by atoms with Gasteiger partial charge in [-0.25, -0.2) is 17.9 Å². The Morgan fingerprint density at radius 2 is 1.79 bits per heavy atom. The van der Waals surface area contributed by atoms with Gasteiger partial charge in [0.2, 0.25) is 17.7 Å². The van der Waals surface area contributed by atoms with Crippen LogP contribution in [0.25, 0.3) is 6.20 Å². The predicted octanol–water partition coefficient (Wildman–Crippen LogP) is 3.16. The summed E-state index contributed by atoms with van der Waals surface area (Å²) < 4.78 is 46.1. The number of hydrogen-bond acceptors (Lipinski definition) is 11. The number of hydrogen-bond donors (Lipinski definition) is 4. The zero-order valence-corrected chi connectivity index (χ0v) is 34.4. The van der Waals surface area contributed by atoms with E-state index >= 15 is 0 Å². The minimum atomic E-state index is -2.95. The number of nitrogens with one attached hydrogen (secondary N) is 3. The lowest BCUT2D eigenvalue weighted by Crippen LogP contribution is -2.57. The highest BCUT2D eigenvalue weighted by Crippen LogP contribution is 2.37. The highest BCUT2D eigenvalue weighted by atomic mass is 19.3. The molecule has 20 heteroatoms. The molecule has 330 valence electrons. The number of carbonyl (C=O) groups excluding carboxylic acids is 5. The Morgan fingerprint density at radius 3 is 2.52 bits per heavy atom. The summed E-state index contributed by atoms with van der Waals surface area (Å²) in [6.45, 7) is 2.38. The number of piperidine rings is 3. The minimum absolute atomic E-state index is 0.00438. The Labute approximate surface area is 355 Å². The number of nitrogens with two attached hydrogens (primary N) is 1. The summed E-state index contributed by atoms with van der Waals surface area (Å²) in [5.74, 6) is -1.43. The van der Waals surface area contributed by atoms with Crippen molar-refractivity contribution in [3.8, 4) is 0 Å². The van der Waals surface area contributed by atoms with Crippen molar-refractivity contribution in [1.82, 2.24) is 40.0 Å². The Bertz CT molecular complexity index is 2270. The zero-order chi connectivity index (χ0) is 43.4. The molecule has 4 atom stereocenters. The SMILES string of the molecule is CN1c2c(C(=O)Nc3cn(C4CCC(C(=O)NC5CCN(c6ccc7c(c6)CN(C6CCC(=O)NC6=O)C7=O)CC5)CC4)nc3C(F)F)cnn2C=CC1N1C[C@H](N)C[C@@H](F)C1. The van der Waals surface area contributed by atoms with Crippen molar-refractivity contribution in [3.63, 3.8) is 0 Å². The molecule has 2 aromatic heterocycles. The van der Waals surface area contributed by atoms with Gasteiger partial charge in [0, 0.05) is 87.8 Å². The van der Waals surface area contributed by atoms with Crippen molar-refractivity contribution in [2.75, 3.05) is 48.3 Å². The van der Waals surface area contributed by atoms with E-state index in [9.17, 15) is 37.1 Å². The molecule has 3 saturated heterocycles. The summed E-state index contributed by atoms with van der Waals surface area (Å²) >= 11 is 0. The van der Waals surface area contributed by atoms with Gasteiger partial charge < -0.3 is 31.1 Å². The fourth-order valence-electron chi connectivity index (χ4n) is 10.1. The van der Waals surface area contributed by atoms with E-state index in [1.54, 1.807) is 29.1 Å². The first kappa shape index (κ1) is 41.6. The lowest BCUT2D eigenvalue weighted by molar-refractivity contribution is -0.137. The zero-order valence-electron chi connectivity index (χ0n) is 34.4. The van der Waals surface area contributed by atoms with Gasteiger partial charge in [0.05, 0.1) is 17.9 Å². The van der Waals surface area contributed by atoms with Crippen molar-refractivity contribution in [1.29, 1.82) is 0 Å². The first-order valence-electron chi connectivity index (χ1n) is 21.4. The normalized spacial score (nSPS) is 27.1. The Morgan fingerprint density at radius 1 is 1.02 bits per heavy atom. The second kappa shape index (κ2) is 16.8. The third-order valence-electron chi connectivity index (χ3n) is 13.3. The van der Waals surface area contributed by atoms with Crippen LogP contribution in [0, 0.1) is 5.92 Å². The van der Waals surface area contributed by atoms with E-state index in [2.05, 4.69) is 31.0 Å². The first-order valence-corrected chi connectivity index (χ1v) is 21.4. The minimum Gasteiger partial charge on any atom is -0.371 e. The molecule has 4 fully saturated rings. The molecule has 5 N–H and O–H groups in total. The molecule has 9 rings (SSSR count). The molecule has 0 spiro atoms. The topological polar surface area (TPSA) is 196 Å². The molecule has 1 saturated carbocycles. The van der Waals surface area contributed by atoms with Gasteiger partial charge in [-0.3, -0.25) is 38.9 Å². The van der Waals surface area contributed by atoms with E-state index in [0.29, 0.717) is 69.7 Å². The van der Waals surface area contributed by atoms with Gasteiger partial charge in [0.15, 0.2) is 5.69 Å². The average Bonchev–Trinajstić information content (AvgIpc) is 3.97.